The molecule has 0 aliphatic heterocycles. The summed E-state index contributed by atoms with van der Waals surface area (Å²) in [4.78, 5) is 0. The van der Waals surface area contributed by atoms with Crippen molar-refractivity contribution >= 4 is 12.4 Å². The van der Waals surface area contributed by atoms with Crippen molar-refractivity contribution in [2.45, 2.75) is 31.2 Å². The molecule has 1 aliphatic rings. The molecule has 84 valence electrons. The van der Waals surface area contributed by atoms with Crippen LogP contribution in [-0.2, 0) is 5.54 Å². The van der Waals surface area contributed by atoms with Crippen molar-refractivity contribution in [3.05, 3.63) is 35.4 Å². The number of hydrogen-bond donors (Lipinski definition) is 1. The van der Waals surface area contributed by atoms with Crippen LogP contribution in [0.3, 0.4) is 0 Å². The third-order valence-electron chi connectivity index (χ3n) is 2.96. The molecule has 2 N–H and O–H groups in total. The third kappa shape index (κ3) is 2.29. The van der Waals surface area contributed by atoms with E-state index in [4.69, 9.17) is 5.73 Å². The van der Waals surface area contributed by atoms with Gasteiger partial charge >= 0.3 is 0 Å². The smallest absolute Gasteiger partial charge is 0.128 e. The van der Waals surface area contributed by atoms with Crippen molar-refractivity contribution in [1.29, 1.82) is 0 Å². The molecule has 4 heteroatoms. The first kappa shape index (κ1) is 12.4. The first-order chi connectivity index (χ1) is 6.62. The molecule has 0 amide bonds. The van der Waals surface area contributed by atoms with Crippen LogP contribution in [0.5, 0.6) is 0 Å². The highest BCUT2D eigenvalue weighted by molar-refractivity contribution is 5.85. The Bertz CT molecular complexity index is 348. The van der Waals surface area contributed by atoms with Gasteiger partial charge < -0.3 is 5.73 Å². The second-order valence-corrected chi connectivity index (χ2v) is 3.99. The van der Waals surface area contributed by atoms with E-state index >= 15 is 0 Å². The standard InChI is InChI=1S/C11H13F2N.ClH/c12-8-3-4-10(13)9(7-8)11(14)5-1-2-6-11;/h3-4,7H,1-2,5-6,14H2;1H. The summed E-state index contributed by atoms with van der Waals surface area (Å²) in [5, 5.41) is 0. The highest BCUT2D eigenvalue weighted by Gasteiger charge is 2.33. The Morgan fingerprint density at radius 3 is 2.33 bits per heavy atom. The molecule has 1 nitrogen and oxygen atoms in total. The van der Waals surface area contributed by atoms with Gasteiger partial charge in [0, 0.05) is 11.1 Å². The van der Waals surface area contributed by atoms with Crippen molar-refractivity contribution in [3.63, 3.8) is 0 Å². The second kappa shape index (κ2) is 4.45. The molecule has 0 unspecified atom stereocenters. The van der Waals surface area contributed by atoms with E-state index in [0.29, 0.717) is 5.56 Å². The molecule has 0 spiro atoms. The van der Waals surface area contributed by atoms with Crippen molar-refractivity contribution in [2.24, 2.45) is 5.73 Å². The minimum atomic E-state index is -0.647. The van der Waals surface area contributed by atoms with E-state index in [1.165, 1.54) is 6.07 Å². The van der Waals surface area contributed by atoms with Crippen LogP contribution in [0.4, 0.5) is 8.78 Å². The molecule has 0 radical (unpaired) electrons. The van der Waals surface area contributed by atoms with Crippen molar-refractivity contribution < 1.29 is 8.78 Å². The molecular formula is C11H14ClF2N. The average molecular weight is 234 g/mol. The Labute approximate surface area is 94.1 Å². The number of halogens is 3. The lowest BCUT2D eigenvalue weighted by Crippen LogP contribution is -2.34. The summed E-state index contributed by atoms with van der Waals surface area (Å²) in [5.41, 5.74) is 5.73. The lowest BCUT2D eigenvalue weighted by atomic mass is 9.89. The first-order valence-electron chi connectivity index (χ1n) is 4.86. The Hall–Kier alpha value is -0.670. The molecule has 1 aromatic rings. The molecule has 1 fully saturated rings. The Balaban J connectivity index is 0.00000112. The summed E-state index contributed by atoms with van der Waals surface area (Å²) in [7, 11) is 0. The number of benzene rings is 1. The topological polar surface area (TPSA) is 26.0 Å². The van der Waals surface area contributed by atoms with Gasteiger partial charge in [-0.05, 0) is 31.0 Å². The van der Waals surface area contributed by atoms with E-state index in [0.717, 1.165) is 37.8 Å². The highest BCUT2D eigenvalue weighted by Crippen LogP contribution is 2.37. The summed E-state index contributed by atoms with van der Waals surface area (Å²) in [6, 6.07) is 3.50. The van der Waals surface area contributed by atoms with E-state index in [9.17, 15) is 8.78 Å². The van der Waals surface area contributed by atoms with Gasteiger partial charge in [0.05, 0.1) is 0 Å². The van der Waals surface area contributed by atoms with Crippen molar-refractivity contribution in [3.8, 4) is 0 Å². The summed E-state index contributed by atoms with van der Waals surface area (Å²) in [6.07, 6.45) is 3.47. The Morgan fingerprint density at radius 2 is 1.73 bits per heavy atom. The number of nitrogens with two attached hydrogens (primary N) is 1. The highest BCUT2D eigenvalue weighted by atomic mass is 35.5. The fourth-order valence-electron chi connectivity index (χ4n) is 2.15. The summed E-state index contributed by atoms with van der Waals surface area (Å²) < 4.78 is 26.4. The monoisotopic (exact) mass is 233 g/mol. The van der Waals surface area contributed by atoms with Gasteiger partial charge in [0.25, 0.3) is 0 Å². The average Bonchev–Trinajstić information content (AvgIpc) is 2.58. The molecule has 0 bridgehead atoms. The van der Waals surface area contributed by atoms with Crippen LogP contribution >= 0.6 is 12.4 Å². The van der Waals surface area contributed by atoms with E-state index < -0.39 is 17.2 Å². The maximum atomic E-state index is 13.4. The molecule has 1 aromatic carbocycles. The predicted molar refractivity (Wildman–Crippen MR) is 57.9 cm³/mol. The largest absolute Gasteiger partial charge is 0.321 e. The SMILES string of the molecule is Cl.NC1(c2cc(F)ccc2F)CCCC1. The van der Waals surface area contributed by atoms with Gasteiger partial charge in [0.1, 0.15) is 11.6 Å². The van der Waals surface area contributed by atoms with Gasteiger partial charge in [-0.15, -0.1) is 12.4 Å². The van der Waals surface area contributed by atoms with Crippen LogP contribution in [0.1, 0.15) is 31.2 Å². The lowest BCUT2D eigenvalue weighted by molar-refractivity contribution is 0.428. The zero-order chi connectivity index (χ0) is 10.2. The molecule has 0 saturated heterocycles. The zero-order valence-corrected chi connectivity index (χ0v) is 9.12. The Kier molecular flexibility index (Phi) is 3.68. The van der Waals surface area contributed by atoms with Gasteiger partial charge in [-0.3, -0.25) is 0 Å². The van der Waals surface area contributed by atoms with Crippen LogP contribution in [-0.4, -0.2) is 0 Å². The minimum Gasteiger partial charge on any atom is -0.321 e. The van der Waals surface area contributed by atoms with Crippen LogP contribution in [0.2, 0.25) is 0 Å². The summed E-state index contributed by atoms with van der Waals surface area (Å²) >= 11 is 0. The van der Waals surface area contributed by atoms with E-state index in [2.05, 4.69) is 0 Å². The zero-order valence-electron chi connectivity index (χ0n) is 8.30. The van der Waals surface area contributed by atoms with E-state index in [1.807, 2.05) is 0 Å². The molecule has 1 aliphatic carbocycles. The number of hydrogen-bond acceptors (Lipinski definition) is 1. The molecule has 0 aromatic heterocycles. The molecule has 15 heavy (non-hydrogen) atoms. The first-order valence-corrected chi connectivity index (χ1v) is 4.86. The molecule has 0 atom stereocenters. The Morgan fingerprint density at radius 1 is 1.13 bits per heavy atom. The van der Waals surface area contributed by atoms with Gasteiger partial charge in [-0.25, -0.2) is 8.78 Å². The van der Waals surface area contributed by atoms with Gasteiger partial charge in [-0.1, -0.05) is 12.8 Å². The maximum Gasteiger partial charge on any atom is 0.128 e. The fraction of sp³-hybridized carbons (Fsp3) is 0.455. The lowest BCUT2D eigenvalue weighted by Gasteiger charge is -2.24. The van der Waals surface area contributed by atoms with Gasteiger partial charge in [0.2, 0.25) is 0 Å². The maximum absolute atomic E-state index is 13.4. The molecule has 0 heterocycles. The molecule has 2 rings (SSSR count). The van der Waals surface area contributed by atoms with E-state index in [-0.39, 0.29) is 12.4 Å². The summed E-state index contributed by atoms with van der Waals surface area (Å²) in [5.74, 6) is -0.811. The van der Waals surface area contributed by atoms with E-state index in [1.54, 1.807) is 0 Å². The van der Waals surface area contributed by atoms with Crippen LogP contribution in [0.15, 0.2) is 18.2 Å². The fourth-order valence-corrected chi connectivity index (χ4v) is 2.15. The van der Waals surface area contributed by atoms with Crippen molar-refractivity contribution in [2.75, 3.05) is 0 Å². The van der Waals surface area contributed by atoms with Crippen LogP contribution < -0.4 is 5.73 Å². The van der Waals surface area contributed by atoms with Gasteiger partial charge in [-0.2, -0.15) is 0 Å². The van der Waals surface area contributed by atoms with Crippen LogP contribution in [0.25, 0.3) is 0 Å². The van der Waals surface area contributed by atoms with Gasteiger partial charge in [0.15, 0.2) is 0 Å². The molecule has 1 saturated carbocycles. The minimum absolute atomic E-state index is 0. The predicted octanol–water partition coefficient (Wildman–Crippen LogP) is 3.11. The molecular weight excluding hydrogens is 220 g/mol. The van der Waals surface area contributed by atoms with Crippen LogP contribution in [0, 0.1) is 11.6 Å². The second-order valence-electron chi connectivity index (χ2n) is 3.99. The van der Waals surface area contributed by atoms with Crippen molar-refractivity contribution in [1.82, 2.24) is 0 Å². The normalized spacial score (nSPS) is 18.6. The number of rotatable bonds is 1. The third-order valence-corrected chi connectivity index (χ3v) is 2.96. The summed E-state index contributed by atoms with van der Waals surface area (Å²) in [6.45, 7) is 0. The quantitative estimate of drug-likeness (QED) is 0.793.